The van der Waals surface area contributed by atoms with Crippen LogP contribution in [0.15, 0.2) is 24.3 Å². The van der Waals surface area contributed by atoms with Crippen molar-refractivity contribution in [1.82, 2.24) is 10.2 Å². The summed E-state index contributed by atoms with van der Waals surface area (Å²) in [6.45, 7) is 1.58. The highest BCUT2D eigenvalue weighted by Gasteiger charge is 2.32. The number of hydrogen-bond acceptors (Lipinski definition) is 3. The monoisotopic (exact) mass is 320 g/mol. The molecule has 126 valence electrons. The third-order valence-corrected chi connectivity index (χ3v) is 5.01. The van der Waals surface area contributed by atoms with E-state index in [2.05, 4.69) is 10.2 Å². The summed E-state index contributed by atoms with van der Waals surface area (Å²) in [6, 6.07) is 6.60. The molecular weight excluding hydrogens is 295 g/mol. The minimum absolute atomic E-state index is 0.0908. The van der Waals surface area contributed by atoms with Gasteiger partial charge in [0.1, 0.15) is 5.82 Å². The molecule has 1 atom stereocenters. The quantitative estimate of drug-likeness (QED) is 0.894. The van der Waals surface area contributed by atoms with Gasteiger partial charge in [0.15, 0.2) is 0 Å². The van der Waals surface area contributed by atoms with Gasteiger partial charge in [-0.15, -0.1) is 0 Å². The van der Waals surface area contributed by atoms with E-state index in [1.807, 2.05) is 0 Å². The second-order valence-corrected chi connectivity index (χ2v) is 6.77. The molecule has 0 bridgehead atoms. The number of nitrogens with one attached hydrogen (secondary N) is 1. The van der Waals surface area contributed by atoms with Gasteiger partial charge in [-0.1, -0.05) is 12.1 Å². The molecule has 5 heteroatoms. The Morgan fingerprint density at radius 1 is 1.17 bits per heavy atom. The third-order valence-electron chi connectivity index (χ3n) is 5.01. The summed E-state index contributed by atoms with van der Waals surface area (Å²) in [5, 5.41) is 12.7. The highest BCUT2D eigenvalue weighted by molar-refractivity contribution is 5.82. The molecule has 1 saturated carbocycles. The van der Waals surface area contributed by atoms with Gasteiger partial charge < -0.3 is 10.4 Å². The van der Waals surface area contributed by atoms with E-state index in [9.17, 15) is 14.3 Å². The van der Waals surface area contributed by atoms with Crippen molar-refractivity contribution >= 4 is 5.91 Å². The fourth-order valence-corrected chi connectivity index (χ4v) is 3.65. The van der Waals surface area contributed by atoms with Crippen molar-refractivity contribution < 1.29 is 14.3 Å². The van der Waals surface area contributed by atoms with Gasteiger partial charge in [0.05, 0.1) is 12.1 Å². The van der Waals surface area contributed by atoms with Crippen LogP contribution in [0, 0.1) is 5.82 Å². The fraction of sp³-hybridized carbons (Fsp3) is 0.611. The lowest BCUT2D eigenvalue weighted by Gasteiger charge is -2.29. The summed E-state index contributed by atoms with van der Waals surface area (Å²) < 4.78 is 13.0. The van der Waals surface area contributed by atoms with Crippen molar-refractivity contribution in [3.63, 3.8) is 0 Å². The van der Waals surface area contributed by atoms with Gasteiger partial charge in [0, 0.05) is 12.6 Å². The predicted molar refractivity (Wildman–Crippen MR) is 86.2 cm³/mol. The van der Waals surface area contributed by atoms with Gasteiger partial charge in [-0.05, 0) is 62.8 Å². The zero-order valence-corrected chi connectivity index (χ0v) is 13.4. The largest absolute Gasteiger partial charge is 0.393 e. The zero-order valence-electron chi connectivity index (χ0n) is 13.4. The second kappa shape index (κ2) is 7.41. The molecule has 0 aromatic heterocycles. The smallest absolute Gasteiger partial charge is 0.237 e. The summed E-state index contributed by atoms with van der Waals surface area (Å²) in [5.41, 5.74) is 1.03. The van der Waals surface area contributed by atoms with E-state index in [4.69, 9.17) is 0 Å². The number of amides is 1. The molecule has 2 fully saturated rings. The van der Waals surface area contributed by atoms with Gasteiger partial charge in [-0.2, -0.15) is 0 Å². The minimum atomic E-state index is -0.232. The first-order valence-electron chi connectivity index (χ1n) is 8.59. The normalized spacial score (nSPS) is 28.7. The van der Waals surface area contributed by atoms with Gasteiger partial charge in [0.2, 0.25) is 5.91 Å². The number of nitrogens with zero attached hydrogens (tertiary/aromatic N) is 1. The average molecular weight is 320 g/mol. The van der Waals surface area contributed by atoms with Crippen LogP contribution in [-0.4, -0.2) is 40.6 Å². The number of carbonyl (C=O) groups excluding carboxylic acids is 1. The van der Waals surface area contributed by atoms with Crippen LogP contribution in [0.25, 0.3) is 0 Å². The van der Waals surface area contributed by atoms with Crippen molar-refractivity contribution in [2.24, 2.45) is 0 Å². The van der Waals surface area contributed by atoms with Crippen LogP contribution in [0.4, 0.5) is 4.39 Å². The Balaban J connectivity index is 1.55. The average Bonchev–Trinajstić information content (AvgIpc) is 3.00. The molecule has 2 aliphatic rings. The lowest BCUT2D eigenvalue weighted by atomic mass is 9.93. The first-order valence-corrected chi connectivity index (χ1v) is 8.59. The van der Waals surface area contributed by atoms with E-state index in [0.29, 0.717) is 6.54 Å². The Hall–Kier alpha value is -1.46. The van der Waals surface area contributed by atoms with Crippen LogP contribution in [-0.2, 0) is 11.3 Å². The Kier molecular flexibility index (Phi) is 5.28. The Morgan fingerprint density at radius 2 is 1.87 bits per heavy atom. The van der Waals surface area contributed by atoms with Crippen LogP contribution < -0.4 is 5.32 Å². The number of carbonyl (C=O) groups is 1. The van der Waals surface area contributed by atoms with E-state index in [1.165, 1.54) is 12.1 Å². The predicted octanol–water partition coefficient (Wildman–Crippen LogP) is 2.21. The maximum atomic E-state index is 13.0. The third kappa shape index (κ3) is 4.30. The number of aliphatic hydroxyl groups is 1. The maximum Gasteiger partial charge on any atom is 0.237 e. The second-order valence-electron chi connectivity index (χ2n) is 6.77. The van der Waals surface area contributed by atoms with Crippen LogP contribution >= 0.6 is 0 Å². The highest BCUT2D eigenvalue weighted by atomic mass is 19.1. The summed E-state index contributed by atoms with van der Waals surface area (Å²) in [6.07, 6.45) is 4.95. The first-order chi connectivity index (χ1) is 11.1. The Bertz CT molecular complexity index is 526. The molecule has 1 aliphatic heterocycles. The van der Waals surface area contributed by atoms with Crippen molar-refractivity contribution in [1.29, 1.82) is 0 Å². The lowest BCUT2D eigenvalue weighted by molar-refractivity contribution is -0.126. The molecule has 1 aromatic rings. The molecule has 1 amide bonds. The van der Waals surface area contributed by atoms with Crippen LogP contribution in [0.3, 0.4) is 0 Å². The highest BCUT2D eigenvalue weighted by Crippen LogP contribution is 2.23. The summed E-state index contributed by atoms with van der Waals surface area (Å²) in [7, 11) is 0. The van der Waals surface area contributed by atoms with E-state index < -0.39 is 0 Å². The fourth-order valence-electron chi connectivity index (χ4n) is 3.65. The van der Waals surface area contributed by atoms with E-state index >= 15 is 0 Å². The Morgan fingerprint density at radius 3 is 2.57 bits per heavy atom. The number of halogens is 1. The van der Waals surface area contributed by atoms with E-state index in [1.54, 1.807) is 12.1 Å². The van der Waals surface area contributed by atoms with Crippen molar-refractivity contribution in [2.75, 3.05) is 6.54 Å². The molecule has 1 aromatic carbocycles. The van der Waals surface area contributed by atoms with Crippen molar-refractivity contribution in [3.05, 3.63) is 35.6 Å². The van der Waals surface area contributed by atoms with Gasteiger partial charge in [0.25, 0.3) is 0 Å². The Labute approximate surface area is 136 Å². The molecule has 1 aliphatic carbocycles. The molecule has 23 heavy (non-hydrogen) atoms. The molecule has 1 heterocycles. The molecule has 2 N–H and O–H groups in total. The van der Waals surface area contributed by atoms with Crippen molar-refractivity contribution in [2.45, 2.75) is 63.3 Å². The minimum Gasteiger partial charge on any atom is -0.393 e. The van der Waals surface area contributed by atoms with Gasteiger partial charge in [-0.3, -0.25) is 9.69 Å². The number of benzene rings is 1. The molecule has 4 nitrogen and oxygen atoms in total. The van der Waals surface area contributed by atoms with E-state index in [-0.39, 0.29) is 29.9 Å². The van der Waals surface area contributed by atoms with Crippen molar-refractivity contribution in [3.8, 4) is 0 Å². The molecular formula is C18H25FN2O2. The molecule has 0 spiro atoms. The number of likely N-dealkylation sites (tertiary alicyclic amines) is 1. The SMILES string of the molecule is O=C(NC1CCC(O)CC1)C1CCCN1Cc1ccc(F)cc1. The summed E-state index contributed by atoms with van der Waals surface area (Å²) in [4.78, 5) is 14.8. The van der Waals surface area contributed by atoms with Crippen LogP contribution in [0.1, 0.15) is 44.1 Å². The van der Waals surface area contributed by atoms with E-state index in [0.717, 1.165) is 50.6 Å². The van der Waals surface area contributed by atoms with Crippen LogP contribution in [0.5, 0.6) is 0 Å². The lowest BCUT2D eigenvalue weighted by Crippen LogP contribution is -2.47. The maximum absolute atomic E-state index is 13.0. The molecule has 3 rings (SSSR count). The number of aliphatic hydroxyl groups excluding tert-OH is 1. The topological polar surface area (TPSA) is 52.6 Å². The summed E-state index contributed by atoms with van der Waals surface area (Å²) >= 11 is 0. The molecule has 1 saturated heterocycles. The first kappa shape index (κ1) is 16.4. The number of rotatable bonds is 4. The number of hydrogen-bond donors (Lipinski definition) is 2. The van der Waals surface area contributed by atoms with Crippen LogP contribution in [0.2, 0.25) is 0 Å². The molecule has 1 unspecified atom stereocenters. The summed E-state index contributed by atoms with van der Waals surface area (Å²) in [5.74, 6) is -0.130. The zero-order chi connectivity index (χ0) is 16.2. The molecule has 0 radical (unpaired) electrons. The standard InChI is InChI=1S/C18H25FN2O2/c19-14-5-3-13(4-6-14)12-21-11-1-2-17(21)18(23)20-15-7-9-16(22)10-8-15/h3-6,15-17,22H,1-2,7-12H2,(H,20,23). The van der Waals surface area contributed by atoms with Gasteiger partial charge in [-0.25, -0.2) is 4.39 Å². The van der Waals surface area contributed by atoms with Gasteiger partial charge >= 0.3 is 0 Å².